The number of hydrogen-bond donors (Lipinski definition) is 2. The highest BCUT2D eigenvalue weighted by atomic mass is 16.5. The molecule has 0 bridgehead atoms. The second-order valence-electron chi connectivity index (χ2n) is 3.57. The van der Waals surface area contributed by atoms with E-state index in [1.807, 2.05) is 20.8 Å². The Morgan fingerprint density at radius 3 is 2.82 bits per heavy atom. The fourth-order valence-corrected chi connectivity index (χ4v) is 1.30. The second kappa shape index (κ2) is 6.90. The maximum atomic E-state index is 5.59. The summed E-state index contributed by atoms with van der Waals surface area (Å²) in [4.78, 5) is 8.05. The Balaban J connectivity index is 2.63. The molecule has 0 amide bonds. The van der Waals surface area contributed by atoms with E-state index in [2.05, 4.69) is 15.3 Å². The Labute approximate surface area is 102 Å². The van der Waals surface area contributed by atoms with Gasteiger partial charge in [-0.25, -0.2) is 0 Å². The van der Waals surface area contributed by atoms with E-state index in [4.69, 9.17) is 15.2 Å². The highest BCUT2D eigenvalue weighted by Crippen LogP contribution is 2.15. The zero-order valence-corrected chi connectivity index (χ0v) is 10.6. The summed E-state index contributed by atoms with van der Waals surface area (Å²) in [6.45, 7) is 7.81. The minimum Gasteiger partial charge on any atom is -0.472 e. The van der Waals surface area contributed by atoms with E-state index in [9.17, 15) is 0 Å². The molecule has 1 rings (SSSR count). The standard InChI is InChI=1S/C11H20N4O2/c1-4-13-9-6-10(15-11(12)14-9)17-8(3)7-16-5-2/h6,8H,4-5,7H2,1-3H3,(H3,12,13,14,15). The monoisotopic (exact) mass is 240 g/mol. The van der Waals surface area contributed by atoms with Crippen LogP contribution in [0.1, 0.15) is 20.8 Å². The largest absolute Gasteiger partial charge is 0.472 e. The number of nitrogens with one attached hydrogen (secondary N) is 1. The zero-order valence-electron chi connectivity index (χ0n) is 10.6. The molecule has 0 fully saturated rings. The lowest BCUT2D eigenvalue weighted by Crippen LogP contribution is -2.20. The molecule has 0 aliphatic carbocycles. The van der Waals surface area contributed by atoms with Gasteiger partial charge in [0.2, 0.25) is 11.8 Å². The first-order valence-electron chi connectivity index (χ1n) is 5.78. The van der Waals surface area contributed by atoms with Gasteiger partial charge in [-0.3, -0.25) is 0 Å². The van der Waals surface area contributed by atoms with E-state index >= 15 is 0 Å². The van der Waals surface area contributed by atoms with E-state index < -0.39 is 0 Å². The van der Waals surface area contributed by atoms with Crippen molar-refractivity contribution in [3.05, 3.63) is 6.07 Å². The molecule has 0 saturated carbocycles. The molecule has 0 aliphatic heterocycles. The molecule has 1 atom stereocenters. The van der Waals surface area contributed by atoms with Crippen LogP contribution in [0.25, 0.3) is 0 Å². The molecule has 0 radical (unpaired) electrons. The summed E-state index contributed by atoms with van der Waals surface area (Å²) < 4.78 is 10.8. The highest BCUT2D eigenvalue weighted by Gasteiger charge is 2.07. The number of ether oxygens (including phenoxy) is 2. The molecule has 96 valence electrons. The van der Waals surface area contributed by atoms with Gasteiger partial charge in [-0.05, 0) is 20.8 Å². The summed E-state index contributed by atoms with van der Waals surface area (Å²) in [7, 11) is 0. The number of nitrogen functional groups attached to an aromatic ring is 1. The fourth-order valence-electron chi connectivity index (χ4n) is 1.30. The lowest BCUT2D eigenvalue weighted by Gasteiger charge is -2.14. The van der Waals surface area contributed by atoms with Crippen LogP contribution < -0.4 is 15.8 Å². The van der Waals surface area contributed by atoms with Gasteiger partial charge in [0.1, 0.15) is 11.9 Å². The Bertz CT molecular complexity index is 346. The molecule has 6 nitrogen and oxygen atoms in total. The van der Waals surface area contributed by atoms with Crippen molar-refractivity contribution in [2.45, 2.75) is 26.9 Å². The molecule has 1 aromatic heterocycles. The van der Waals surface area contributed by atoms with Crippen LogP contribution in [-0.2, 0) is 4.74 Å². The summed E-state index contributed by atoms with van der Waals surface area (Å²) in [5.74, 6) is 1.32. The highest BCUT2D eigenvalue weighted by molar-refractivity contribution is 5.42. The lowest BCUT2D eigenvalue weighted by atomic mass is 10.4. The van der Waals surface area contributed by atoms with Gasteiger partial charge in [-0.2, -0.15) is 9.97 Å². The molecule has 0 aromatic carbocycles. The van der Waals surface area contributed by atoms with Gasteiger partial charge >= 0.3 is 0 Å². The third kappa shape index (κ3) is 4.86. The Morgan fingerprint density at radius 1 is 1.41 bits per heavy atom. The van der Waals surface area contributed by atoms with Crippen LogP contribution in [0.2, 0.25) is 0 Å². The quantitative estimate of drug-likeness (QED) is 0.747. The smallest absolute Gasteiger partial charge is 0.225 e. The molecule has 17 heavy (non-hydrogen) atoms. The molecule has 1 unspecified atom stereocenters. The van der Waals surface area contributed by atoms with E-state index in [1.54, 1.807) is 6.07 Å². The summed E-state index contributed by atoms with van der Waals surface area (Å²) in [6, 6.07) is 1.72. The van der Waals surface area contributed by atoms with Crippen LogP contribution in [0.5, 0.6) is 5.88 Å². The number of nitrogens with zero attached hydrogens (tertiary/aromatic N) is 2. The molecular formula is C11H20N4O2. The van der Waals surface area contributed by atoms with Gasteiger partial charge in [0.25, 0.3) is 0 Å². The second-order valence-corrected chi connectivity index (χ2v) is 3.57. The van der Waals surface area contributed by atoms with Gasteiger partial charge in [-0.15, -0.1) is 0 Å². The number of rotatable bonds is 7. The van der Waals surface area contributed by atoms with E-state index in [-0.39, 0.29) is 12.1 Å². The lowest BCUT2D eigenvalue weighted by molar-refractivity contribution is 0.0634. The average molecular weight is 240 g/mol. The summed E-state index contributed by atoms with van der Waals surface area (Å²) in [5, 5.41) is 3.06. The Morgan fingerprint density at radius 2 is 2.18 bits per heavy atom. The number of aromatic nitrogens is 2. The van der Waals surface area contributed by atoms with Crippen LogP contribution in [-0.4, -0.2) is 35.8 Å². The van der Waals surface area contributed by atoms with Crippen molar-refractivity contribution in [2.75, 3.05) is 30.8 Å². The predicted molar refractivity (Wildman–Crippen MR) is 67.2 cm³/mol. The van der Waals surface area contributed by atoms with E-state index in [0.717, 1.165) is 6.54 Å². The van der Waals surface area contributed by atoms with Gasteiger partial charge in [0, 0.05) is 19.2 Å². The summed E-state index contributed by atoms with van der Waals surface area (Å²) >= 11 is 0. The molecule has 1 heterocycles. The van der Waals surface area contributed by atoms with Crippen LogP contribution in [0.3, 0.4) is 0 Å². The van der Waals surface area contributed by atoms with Crippen LogP contribution in [0.15, 0.2) is 6.07 Å². The number of hydrogen-bond acceptors (Lipinski definition) is 6. The van der Waals surface area contributed by atoms with Crippen molar-refractivity contribution in [1.29, 1.82) is 0 Å². The van der Waals surface area contributed by atoms with Gasteiger partial charge < -0.3 is 20.5 Å². The number of nitrogens with two attached hydrogens (primary N) is 1. The predicted octanol–water partition coefficient (Wildman–Crippen LogP) is 1.29. The minimum atomic E-state index is -0.0706. The van der Waals surface area contributed by atoms with Crippen LogP contribution in [0, 0.1) is 0 Å². The first kappa shape index (κ1) is 13.5. The normalized spacial score (nSPS) is 12.2. The van der Waals surface area contributed by atoms with Crippen molar-refractivity contribution in [1.82, 2.24) is 9.97 Å². The van der Waals surface area contributed by atoms with Crippen molar-refractivity contribution >= 4 is 11.8 Å². The Kier molecular flexibility index (Phi) is 5.48. The number of anilines is 2. The van der Waals surface area contributed by atoms with Gasteiger partial charge in [0.15, 0.2) is 0 Å². The Hall–Kier alpha value is -1.56. The third-order valence-electron chi connectivity index (χ3n) is 1.96. The van der Waals surface area contributed by atoms with Gasteiger partial charge in [0.05, 0.1) is 6.61 Å². The third-order valence-corrected chi connectivity index (χ3v) is 1.96. The average Bonchev–Trinajstić information content (AvgIpc) is 2.26. The van der Waals surface area contributed by atoms with Crippen molar-refractivity contribution in [3.63, 3.8) is 0 Å². The van der Waals surface area contributed by atoms with Crippen molar-refractivity contribution in [2.24, 2.45) is 0 Å². The summed E-state index contributed by atoms with van der Waals surface area (Å²) in [5.41, 5.74) is 5.59. The van der Waals surface area contributed by atoms with Crippen molar-refractivity contribution < 1.29 is 9.47 Å². The van der Waals surface area contributed by atoms with Crippen LogP contribution >= 0.6 is 0 Å². The van der Waals surface area contributed by atoms with E-state index in [1.165, 1.54) is 0 Å². The molecule has 0 aliphatic rings. The van der Waals surface area contributed by atoms with Crippen LogP contribution in [0.4, 0.5) is 11.8 Å². The maximum absolute atomic E-state index is 5.59. The first-order valence-corrected chi connectivity index (χ1v) is 5.78. The molecule has 0 spiro atoms. The first-order chi connectivity index (χ1) is 8.15. The molecule has 0 saturated heterocycles. The van der Waals surface area contributed by atoms with Gasteiger partial charge in [-0.1, -0.05) is 0 Å². The van der Waals surface area contributed by atoms with E-state index in [0.29, 0.717) is 24.9 Å². The topological polar surface area (TPSA) is 82.3 Å². The molecule has 3 N–H and O–H groups in total. The fraction of sp³-hybridized carbons (Fsp3) is 0.636. The van der Waals surface area contributed by atoms with Crippen molar-refractivity contribution in [3.8, 4) is 5.88 Å². The summed E-state index contributed by atoms with van der Waals surface area (Å²) in [6.07, 6.45) is -0.0706. The molecule has 6 heteroatoms. The zero-order chi connectivity index (χ0) is 12.7. The maximum Gasteiger partial charge on any atom is 0.225 e. The minimum absolute atomic E-state index is 0.0706. The SMILES string of the molecule is CCNc1cc(OC(C)COCC)nc(N)n1. The molecule has 1 aromatic rings. The molecular weight excluding hydrogens is 220 g/mol.